The van der Waals surface area contributed by atoms with Crippen molar-refractivity contribution in [3.63, 3.8) is 0 Å². The van der Waals surface area contributed by atoms with E-state index in [9.17, 15) is 13.2 Å². The predicted octanol–water partition coefficient (Wildman–Crippen LogP) is 3.20. The zero-order valence-corrected chi connectivity index (χ0v) is 18.6. The number of amides is 1. The molecule has 0 saturated carbocycles. The minimum atomic E-state index is -3.48. The van der Waals surface area contributed by atoms with Crippen LogP contribution in [0.2, 0.25) is 0 Å². The van der Waals surface area contributed by atoms with E-state index in [0.717, 1.165) is 11.1 Å². The van der Waals surface area contributed by atoms with Crippen molar-refractivity contribution in [2.45, 2.75) is 37.8 Å². The van der Waals surface area contributed by atoms with Crippen LogP contribution in [0.25, 0.3) is 0 Å². The maximum Gasteiger partial charge on any atom is 0.243 e. The number of sulfonamides is 1. The number of nitrogens with one attached hydrogen (secondary N) is 1. The molecule has 0 aromatic heterocycles. The van der Waals surface area contributed by atoms with Crippen LogP contribution in [0, 0.1) is 0 Å². The van der Waals surface area contributed by atoms with Crippen LogP contribution < -0.4 is 5.32 Å². The van der Waals surface area contributed by atoms with E-state index in [4.69, 9.17) is 0 Å². The van der Waals surface area contributed by atoms with Crippen LogP contribution in [-0.4, -0.2) is 50.7 Å². The van der Waals surface area contributed by atoms with Gasteiger partial charge in [0, 0.05) is 33.2 Å². The Bertz CT molecular complexity index is 893. The third kappa shape index (κ3) is 5.44. The van der Waals surface area contributed by atoms with Crippen LogP contribution in [0.1, 0.15) is 44.0 Å². The number of hydrogen-bond acceptors (Lipinski definition) is 4. The van der Waals surface area contributed by atoms with E-state index in [2.05, 4.69) is 5.32 Å². The Morgan fingerprint density at radius 1 is 0.931 bits per heavy atom. The van der Waals surface area contributed by atoms with Gasteiger partial charge in [-0.05, 0) is 30.2 Å². The Balaban J connectivity index is 2.25. The number of likely N-dealkylation sites (N-methyl/N-ethyl adjacent to an activating group) is 1. The number of rotatable bonds is 9. The zero-order chi connectivity index (χ0) is 21.6. The van der Waals surface area contributed by atoms with Gasteiger partial charge in [0.05, 0.1) is 4.90 Å². The molecule has 7 heteroatoms. The Kier molecular flexibility index (Phi) is 7.96. The van der Waals surface area contributed by atoms with E-state index >= 15 is 0 Å². The molecule has 0 heterocycles. The number of carbonyl (C=O) groups excluding carboxylic acids is 1. The SMILES string of the molecule is CCN(CC)S(=O)(=O)c1ccc([C@H](C)N[C@@H](C(=O)N(C)C)c2ccccc2)cc1. The Labute approximate surface area is 174 Å². The summed E-state index contributed by atoms with van der Waals surface area (Å²) < 4.78 is 26.8. The smallest absolute Gasteiger partial charge is 0.243 e. The van der Waals surface area contributed by atoms with Gasteiger partial charge in [-0.25, -0.2) is 8.42 Å². The number of carbonyl (C=O) groups is 1. The van der Waals surface area contributed by atoms with Crippen molar-refractivity contribution >= 4 is 15.9 Å². The summed E-state index contributed by atoms with van der Waals surface area (Å²) in [6.07, 6.45) is 0. The molecule has 0 bridgehead atoms. The first-order chi connectivity index (χ1) is 13.7. The number of nitrogens with zero attached hydrogens (tertiary/aromatic N) is 2. The second-order valence-corrected chi connectivity index (χ2v) is 9.06. The summed E-state index contributed by atoms with van der Waals surface area (Å²) in [7, 11) is -0.0150. The molecular formula is C22H31N3O3S. The van der Waals surface area contributed by atoms with Gasteiger partial charge in [0.25, 0.3) is 0 Å². The molecule has 0 fully saturated rings. The van der Waals surface area contributed by atoms with Crippen molar-refractivity contribution in [2.24, 2.45) is 0 Å². The van der Waals surface area contributed by atoms with Crippen molar-refractivity contribution in [3.8, 4) is 0 Å². The largest absolute Gasteiger partial charge is 0.347 e. The summed E-state index contributed by atoms with van der Waals surface area (Å²) >= 11 is 0. The fourth-order valence-electron chi connectivity index (χ4n) is 3.20. The van der Waals surface area contributed by atoms with Crippen LogP contribution in [0.4, 0.5) is 0 Å². The van der Waals surface area contributed by atoms with E-state index in [0.29, 0.717) is 13.1 Å². The monoisotopic (exact) mass is 417 g/mol. The van der Waals surface area contributed by atoms with Gasteiger partial charge < -0.3 is 4.90 Å². The summed E-state index contributed by atoms with van der Waals surface area (Å²) in [4.78, 5) is 14.6. The van der Waals surface area contributed by atoms with Gasteiger partial charge in [-0.3, -0.25) is 10.1 Å². The Morgan fingerprint density at radius 3 is 1.97 bits per heavy atom. The lowest BCUT2D eigenvalue weighted by Crippen LogP contribution is -2.38. The van der Waals surface area contributed by atoms with Crippen molar-refractivity contribution in [2.75, 3.05) is 27.2 Å². The highest BCUT2D eigenvalue weighted by atomic mass is 32.2. The van der Waals surface area contributed by atoms with Crippen LogP contribution >= 0.6 is 0 Å². The highest BCUT2D eigenvalue weighted by molar-refractivity contribution is 7.89. The summed E-state index contributed by atoms with van der Waals surface area (Å²) in [5, 5.41) is 3.38. The topological polar surface area (TPSA) is 69.7 Å². The van der Waals surface area contributed by atoms with Gasteiger partial charge in [0.15, 0.2) is 0 Å². The summed E-state index contributed by atoms with van der Waals surface area (Å²) in [6, 6.07) is 15.8. The van der Waals surface area contributed by atoms with E-state index in [1.807, 2.05) is 51.1 Å². The minimum Gasteiger partial charge on any atom is -0.347 e. The van der Waals surface area contributed by atoms with Gasteiger partial charge in [-0.15, -0.1) is 0 Å². The number of benzene rings is 2. The van der Waals surface area contributed by atoms with Crippen LogP contribution in [0.5, 0.6) is 0 Å². The summed E-state index contributed by atoms with van der Waals surface area (Å²) in [5.41, 5.74) is 1.80. The van der Waals surface area contributed by atoms with E-state index in [1.54, 1.807) is 43.3 Å². The molecule has 1 amide bonds. The fraction of sp³-hybridized carbons (Fsp3) is 0.409. The quantitative estimate of drug-likeness (QED) is 0.680. The first-order valence-electron chi connectivity index (χ1n) is 9.84. The Morgan fingerprint density at radius 2 is 1.48 bits per heavy atom. The molecule has 2 aromatic rings. The maximum absolute atomic E-state index is 12.7. The van der Waals surface area contributed by atoms with Crippen LogP contribution in [-0.2, 0) is 14.8 Å². The Hall–Kier alpha value is -2.22. The third-order valence-electron chi connectivity index (χ3n) is 4.96. The average molecular weight is 418 g/mol. The van der Waals surface area contributed by atoms with Gasteiger partial charge in [-0.1, -0.05) is 56.3 Å². The lowest BCUT2D eigenvalue weighted by molar-refractivity contribution is -0.131. The molecule has 1 N–H and O–H groups in total. The lowest BCUT2D eigenvalue weighted by Gasteiger charge is -2.26. The lowest BCUT2D eigenvalue weighted by atomic mass is 10.0. The highest BCUT2D eigenvalue weighted by Gasteiger charge is 2.25. The molecule has 0 aliphatic heterocycles. The molecule has 29 heavy (non-hydrogen) atoms. The standard InChI is InChI=1S/C22H31N3O3S/c1-6-25(7-2)29(27,28)20-15-13-18(14-16-20)17(3)23-21(22(26)24(4)5)19-11-9-8-10-12-19/h8-17,21,23H,6-7H2,1-5H3/t17-,21+/m0/s1. The van der Waals surface area contributed by atoms with Gasteiger partial charge in [-0.2, -0.15) is 4.31 Å². The van der Waals surface area contributed by atoms with E-state index < -0.39 is 16.1 Å². The fourth-order valence-corrected chi connectivity index (χ4v) is 4.66. The van der Waals surface area contributed by atoms with Crippen molar-refractivity contribution < 1.29 is 13.2 Å². The molecule has 2 aromatic carbocycles. The predicted molar refractivity (Wildman–Crippen MR) is 116 cm³/mol. The maximum atomic E-state index is 12.7. The molecule has 0 radical (unpaired) electrons. The zero-order valence-electron chi connectivity index (χ0n) is 17.8. The molecule has 2 rings (SSSR count). The summed E-state index contributed by atoms with van der Waals surface area (Å²) in [5.74, 6) is -0.0382. The third-order valence-corrected chi connectivity index (χ3v) is 7.02. The first kappa shape index (κ1) is 23.1. The second kappa shape index (κ2) is 10.0. The molecule has 0 spiro atoms. The van der Waals surface area contributed by atoms with Gasteiger partial charge >= 0.3 is 0 Å². The van der Waals surface area contributed by atoms with Gasteiger partial charge in [0.1, 0.15) is 6.04 Å². The average Bonchev–Trinajstić information content (AvgIpc) is 2.72. The molecule has 0 aliphatic carbocycles. The van der Waals surface area contributed by atoms with E-state index in [1.165, 1.54) is 4.31 Å². The van der Waals surface area contributed by atoms with E-state index in [-0.39, 0.29) is 16.8 Å². The summed E-state index contributed by atoms with van der Waals surface area (Å²) in [6.45, 7) is 6.49. The van der Waals surface area contributed by atoms with Gasteiger partial charge in [0.2, 0.25) is 15.9 Å². The normalized spacial score (nSPS) is 13.9. The number of hydrogen-bond donors (Lipinski definition) is 1. The van der Waals surface area contributed by atoms with Crippen LogP contribution in [0.15, 0.2) is 59.5 Å². The molecule has 158 valence electrons. The molecule has 2 atom stereocenters. The molecular weight excluding hydrogens is 386 g/mol. The van der Waals surface area contributed by atoms with Crippen molar-refractivity contribution in [1.29, 1.82) is 0 Å². The highest BCUT2D eigenvalue weighted by Crippen LogP contribution is 2.23. The molecule has 0 saturated heterocycles. The molecule has 0 aliphatic rings. The first-order valence-corrected chi connectivity index (χ1v) is 11.3. The van der Waals surface area contributed by atoms with Crippen LogP contribution in [0.3, 0.4) is 0 Å². The molecule has 0 unspecified atom stereocenters. The molecule has 6 nitrogen and oxygen atoms in total. The minimum absolute atomic E-state index is 0.0382. The van der Waals surface area contributed by atoms with Crippen molar-refractivity contribution in [3.05, 3.63) is 65.7 Å². The second-order valence-electron chi connectivity index (χ2n) is 7.12. The van der Waals surface area contributed by atoms with Crippen molar-refractivity contribution in [1.82, 2.24) is 14.5 Å².